The Morgan fingerprint density at radius 1 is 0.892 bits per heavy atom. The molecule has 0 spiro atoms. The highest BCUT2D eigenvalue weighted by molar-refractivity contribution is 9.10. The van der Waals surface area contributed by atoms with E-state index in [2.05, 4.69) is 46.8 Å². The molecule has 1 aliphatic heterocycles. The second-order valence-electron chi connectivity index (χ2n) is 9.38. The van der Waals surface area contributed by atoms with E-state index in [0.29, 0.717) is 12.2 Å². The molecule has 0 N–H and O–H groups in total. The Balaban J connectivity index is 1.15. The quantitative estimate of drug-likeness (QED) is 0.288. The molecule has 0 aliphatic carbocycles. The number of aromatic nitrogens is 2. The molecule has 7 heteroatoms. The summed E-state index contributed by atoms with van der Waals surface area (Å²) in [5.74, 6) is 0.889. The molecule has 3 aromatic carbocycles. The number of piperazine rings is 1. The van der Waals surface area contributed by atoms with Gasteiger partial charge in [0.25, 0.3) is 5.91 Å². The molecule has 4 aromatic rings. The number of benzene rings is 3. The molecule has 1 aliphatic rings. The Morgan fingerprint density at radius 2 is 1.57 bits per heavy atom. The van der Waals surface area contributed by atoms with Gasteiger partial charge in [0.2, 0.25) is 0 Å². The van der Waals surface area contributed by atoms with Gasteiger partial charge < -0.3 is 9.64 Å². The second kappa shape index (κ2) is 11.3. The minimum Gasteiger partial charge on any atom is -0.488 e. The number of halogens is 1. The molecule has 1 amide bonds. The number of amides is 1. The van der Waals surface area contributed by atoms with Gasteiger partial charge in [0.15, 0.2) is 0 Å². The Labute approximate surface area is 226 Å². The van der Waals surface area contributed by atoms with Crippen molar-refractivity contribution >= 4 is 21.8 Å². The van der Waals surface area contributed by atoms with Crippen LogP contribution in [0.15, 0.2) is 83.3 Å². The van der Waals surface area contributed by atoms with E-state index in [9.17, 15) is 4.79 Å². The van der Waals surface area contributed by atoms with E-state index >= 15 is 0 Å². The van der Waals surface area contributed by atoms with E-state index in [1.165, 1.54) is 11.3 Å². The zero-order valence-electron chi connectivity index (χ0n) is 21.2. The van der Waals surface area contributed by atoms with Crippen LogP contribution in [0.5, 0.6) is 5.75 Å². The van der Waals surface area contributed by atoms with E-state index in [1.54, 1.807) is 0 Å². The summed E-state index contributed by atoms with van der Waals surface area (Å²) in [5, 5.41) is 4.78. The van der Waals surface area contributed by atoms with Gasteiger partial charge >= 0.3 is 0 Å². The average Bonchev–Trinajstić information content (AvgIpc) is 3.22. The van der Waals surface area contributed by atoms with Gasteiger partial charge in [-0.3, -0.25) is 9.69 Å². The van der Waals surface area contributed by atoms with Crippen molar-refractivity contribution in [2.24, 2.45) is 0 Å². The summed E-state index contributed by atoms with van der Waals surface area (Å²) in [6.45, 7) is 8.64. The minimum atomic E-state index is 0.0854. The summed E-state index contributed by atoms with van der Waals surface area (Å²) in [6.07, 6.45) is 0. The van der Waals surface area contributed by atoms with Crippen molar-refractivity contribution in [3.8, 4) is 11.4 Å². The predicted molar refractivity (Wildman–Crippen MR) is 149 cm³/mol. The van der Waals surface area contributed by atoms with Crippen molar-refractivity contribution in [2.45, 2.75) is 27.0 Å². The number of aryl methyl sites for hydroxylation is 1. The fourth-order valence-electron chi connectivity index (χ4n) is 4.71. The fraction of sp³-hybridized carbons (Fsp3) is 0.267. The normalized spacial score (nSPS) is 14.1. The number of carbonyl (C=O) groups is 1. The summed E-state index contributed by atoms with van der Waals surface area (Å²) in [5.41, 5.74) is 6.32. The summed E-state index contributed by atoms with van der Waals surface area (Å²) >= 11 is 3.50. The average molecular weight is 560 g/mol. The number of hydrogen-bond donors (Lipinski definition) is 0. The van der Waals surface area contributed by atoms with Gasteiger partial charge in [0, 0.05) is 49.5 Å². The van der Waals surface area contributed by atoms with Crippen molar-refractivity contribution in [2.75, 3.05) is 26.2 Å². The van der Waals surface area contributed by atoms with E-state index in [1.807, 2.05) is 76.3 Å². The standard InChI is InChI=1S/C30H31BrN4O2/c1-22-27(23(2)35(32-22)26-8-4-3-5-9-26)20-33-16-18-34(19-17-33)30(36)25-14-12-24(13-15-25)21-37-29-11-7-6-10-28(29)31/h3-15H,16-21H2,1-2H3. The van der Waals surface area contributed by atoms with Crippen LogP contribution in [0.2, 0.25) is 0 Å². The summed E-state index contributed by atoms with van der Waals surface area (Å²) < 4.78 is 8.84. The maximum atomic E-state index is 13.1. The molecule has 1 saturated heterocycles. The third kappa shape index (κ3) is 5.78. The molecule has 0 radical (unpaired) electrons. The van der Waals surface area contributed by atoms with Crippen molar-refractivity contribution < 1.29 is 9.53 Å². The van der Waals surface area contributed by atoms with Crippen LogP contribution in [0.1, 0.15) is 32.9 Å². The second-order valence-corrected chi connectivity index (χ2v) is 10.2. The number of para-hydroxylation sites is 2. The largest absolute Gasteiger partial charge is 0.488 e. The maximum absolute atomic E-state index is 13.1. The molecule has 5 rings (SSSR count). The molecule has 190 valence electrons. The van der Waals surface area contributed by atoms with Crippen molar-refractivity contribution in [3.05, 3.63) is 111 Å². The van der Waals surface area contributed by atoms with E-state index < -0.39 is 0 Å². The highest BCUT2D eigenvalue weighted by Gasteiger charge is 2.24. The SMILES string of the molecule is Cc1nn(-c2ccccc2)c(C)c1CN1CCN(C(=O)c2ccc(COc3ccccc3Br)cc2)CC1. The number of hydrogen-bond acceptors (Lipinski definition) is 4. The van der Waals surface area contributed by atoms with Crippen molar-refractivity contribution in [1.29, 1.82) is 0 Å². The molecular formula is C30H31BrN4O2. The highest BCUT2D eigenvalue weighted by atomic mass is 79.9. The van der Waals surface area contributed by atoms with Gasteiger partial charge in [0.05, 0.1) is 15.9 Å². The van der Waals surface area contributed by atoms with E-state index in [4.69, 9.17) is 9.84 Å². The van der Waals surface area contributed by atoms with Crippen LogP contribution in [-0.2, 0) is 13.2 Å². The first-order valence-corrected chi connectivity index (χ1v) is 13.4. The third-order valence-electron chi connectivity index (χ3n) is 6.92. The number of rotatable bonds is 7. The molecule has 0 bridgehead atoms. The number of nitrogens with zero attached hydrogens (tertiary/aromatic N) is 4. The fourth-order valence-corrected chi connectivity index (χ4v) is 5.11. The molecule has 37 heavy (non-hydrogen) atoms. The van der Waals surface area contributed by atoms with Crippen molar-refractivity contribution in [3.63, 3.8) is 0 Å². The first-order chi connectivity index (χ1) is 18.0. The van der Waals surface area contributed by atoms with Crippen LogP contribution in [-0.4, -0.2) is 51.7 Å². The Bertz CT molecular complexity index is 1360. The van der Waals surface area contributed by atoms with Crippen LogP contribution in [0, 0.1) is 13.8 Å². The molecule has 0 unspecified atom stereocenters. The van der Waals surface area contributed by atoms with Gasteiger partial charge in [-0.1, -0.05) is 42.5 Å². The molecule has 1 fully saturated rings. The Kier molecular flexibility index (Phi) is 7.72. The Hall–Kier alpha value is -3.42. The minimum absolute atomic E-state index is 0.0854. The lowest BCUT2D eigenvalue weighted by atomic mass is 10.1. The molecule has 0 atom stereocenters. The van der Waals surface area contributed by atoms with Crippen LogP contribution < -0.4 is 4.74 Å². The lowest BCUT2D eigenvalue weighted by molar-refractivity contribution is 0.0628. The highest BCUT2D eigenvalue weighted by Crippen LogP contribution is 2.25. The topological polar surface area (TPSA) is 50.6 Å². The van der Waals surface area contributed by atoms with E-state index in [0.717, 1.165) is 59.9 Å². The molecule has 2 heterocycles. The van der Waals surface area contributed by atoms with Gasteiger partial charge in [-0.25, -0.2) is 4.68 Å². The predicted octanol–water partition coefficient (Wildman–Crippen LogP) is 5.79. The summed E-state index contributed by atoms with van der Waals surface area (Å²) in [4.78, 5) is 17.5. The number of carbonyl (C=O) groups excluding carboxylic acids is 1. The smallest absolute Gasteiger partial charge is 0.253 e. The van der Waals surface area contributed by atoms with Crippen molar-refractivity contribution in [1.82, 2.24) is 19.6 Å². The van der Waals surface area contributed by atoms with Gasteiger partial charge in [-0.2, -0.15) is 5.10 Å². The monoisotopic (exact) mass is 558 g/mol. The zero-order valence-corrected chi connectivity index (χ0v) is 22.8. The maximum Gasteiger partial charge on any atom is 0.253 e. The van der Waals surface area contributed by atoms with Gasteiger partial charge in [0.1, 0.15) is 12.4 Å². The molecule has 6 nitrogen and oxygen atoms in total. The van der Waals surface area contributed by atoms with Crippen LogP contribution in [0.4, 0.5) is 0 Å². The summed E-state index contributed by atoms with van der Waals surface area (Å²) in [6, 6.07) is 25.8. The zero-order chi connectivity index (χ0) is 25.8. The summed E-state index contributed by atoms with van der Waals surface area (Å²) in [7, 11) is 0. The molecule has 0 saturated carbocycles. The van der Waals surface area contributed by atoms with Crippen LogP contribution >= 0.6 is 15.9 Å². The molecular weight excluding hydrogens is 528 g/mol. The van der Waals surface area contributed by atoms with Gasteiger partial charge in [-0.05, 0) is 71.7 Å². The molecule has 1 aromatic heterocycles. The lowest BCUT2D eigenvalue weighted by Crippen LogP contribution is -2.48. The number of ether oxygens (including phenoxy) is 1. The van der Waals surface area contributed by atoms with Gasteiger partial charge in [-0.15, -0.1) is 0 Å². The first kappa shape index (κ1) is 25.2. The van der Waals surface area contributed by atoms with Crippen LogP contribution in [0.3, 0.4) is 0 Å². The first-order valence-electron chi connectivity index (χ1n) is 12.6. The lowest BCUT2D eigenvalue weighted by Gasteiger charge is -2.34. The third-order valence-corrected chi connectivity index (χ3v) is 7.57. The Morgan fingerprint density at radius 3 is 2.27 bits per heavy atom. The van der Waals surface area contributed by atoms with Crippen LogP contribution in [0.25, 0.3) is 5.69 Å². The van der Waals surface area contributed by atoms with E-state index in [-0.39, 0.29) is 5.91 Å².